The maximum atomic E-state index is 12.6. The van der Waals surface area contributed by atoms with Gasteiger partial charge in [-0.2, -0.15) is 13.2 Å². The van der Waals surface area contributed by atoms with Crippen molar-refractivity contribution in [1.29, 1.82) is 0 Å². The number of rotatable bonds is 8. The van der Waals surface area contributed by atoms with Crippen LogP contribution in [0.3, 0.4) is 0 Å². The lowest BCUT2D eigenvalue weighted by Gasteiger charge is -2.27. The van der Waals surface area contributed by atoms with Crippen LogP contribution in [-0.2, 0) is 11.3 Å². The van der Waals surface area contributed by atoms with Crippen LogP contribution in [0.2, 0.25) is 0 Å². The monoisotopic (exact) mass is 464 g/mol. The van der Waals surface area contributed by atoms with Crippen molar-refractivity contribution in [2.45, 2.75) is 44.4 Å². The van der Waals surface area contributed by atoms with Gasteiger partial charge in [0.05, 0.1) is 6.04 Å². The van der Waals surface area contributed by atoms with Gasteiger partial charge in [0.2, 0.25) is 11.8 Å². The number of aromatic nitrogens is 1. The van der Waals surface area contributed by atoms with Crippen LogP contribution >= 0.6 is 0 Å². The van der Waals surface area contributed by atoms with Crippen molar-refractivity contribution in [3.63, 3.8) is 0 Å². The van der Waals surface area contributed by atoms with Crippen molar-refractivity contribution < 1.29 is 27.5 Å². The number of urea groups is 1. The number of amides is 3. The smallest absolute Gasteiger partial charge is 0.422 e. The topological polar surface area (TPSA) is 83.6 Å². The van der Waals surface area contributed by atoms with E-state index in [0.717, 1.165) is 24.8 Å². The Hall–Kier alpha value is -3.30. The molecule has 10 heteroatoms. The summed E-state index contributed by atoms with van der Waals surface area (Å²) >= 11 is 0. The second-order valence-electron chi connectivity index (χ2n) is 7.85. The minimum absolute atomic E-state index is 0.0703. The van der Waals surface area contributed by atoms with Gasteiger partial charge in [0.25, 0.3) is 0 Å². The molecule has 1 aliphatic rings. The highest BCUT2D eigenvalue weighted by molar-refractivity contribution is 5.77. The van der Waals surface area contributed by atoms with E-state index in [1.54, 1.807) is 11.0 Å². The van der Waals surface area contributed by atoms with Crippen molar-refractivity contribution in [3.8, 4) is 5.88 Å². The Morgan fingerprint density at radius 1 is 1.15 bits per heavy atom. The normalized spacial score (nSPS) is 15.5. The summed E-state index contributed by atoms with van der Waals surface area (Å²) < 4.78 is 41.6. The minimum atomic E-state index is -4.46. The number of hydrogen-bond donors (Lipinski definition) is 2. The first kappa shape index (κ1) is 24.3. The molecule has 0 saturated carbocycles. The van der Waals surface area contributed by atoms with Crippen molar-refractivity contribution >= 4 is 11.9 Å². The van der Waals surface area contributed by atoms with E-state index in [1.807, 2.05) is 30.3 Å². The Bertz CT molecular complexity index is 925. The van der Waals surface area contributed by atoms with Crippen molar-refractivity contribution in [2.24, 2.45) is 0 Å². The summed E-state index contributed by atoms with van der Waals surface area (Å²) in [6.07, 6.45) is 0.177. The first-order valence-corrected chi connectivity index (χ1v) is 10.8. The Morgan fingerprint density at radius 3 is 2.70 bits per heavy atom. The summed E-state index contributed by atoms with van der Waals surface area (Å²) in [5.41, 5.74) is 1.41. The fourth-order valence-corrected chi connectivity index (χ4v) is 3.56. The number of likely N-dealkylation sites (tertiary alicyclic amines) is 1. The Balaban J connectivity index is 1.60. The van der Waals surface area contributed by atoms with E-state index < -0.39 is 24.9 Å². The number of halogens is 3. The highest BCUT2D eigenvalue weighted by Crippen LogP contribution is 2.19. The number of carbonyl (C=O) groups is 2. The molecule has 1 fully saturated rings. The molecule has 2 N–H and O–H groups in total. The Kier molecular flexibility index (Phi) is 8.51. The Labute approximate surface area is 190 Å². The molecule has 2 aromatic rings. The van der Waals surface area contributed by atoms with Crippen LogP contribution < -0.4 is 15.4 Å². The maximum absolute atomic E-state index is 12.6. The molecule has 1 unspecified atom stereocenters. The van der Waals surface area contributed by atoms with Crippen LogP contribution in [0.5, 0.6) is 5.88 Å². The third-order valence-electron chi connectivity index (χ3n) is 5.22. The first-order chi connectivity index (χ1) is 15.8. The molecule has 3 rings (SSSR count). The zero-order valence-corrected chi connectivity index (χ0v) is 18.1. The average molecular weight is 464 g/mol. The SMILES string of the molecule is O=C(NCc1ccnc(OCC(F)(F)F)c1)NC(CN1CCCCCC1=O)c1ccccc1. The number of carbonyl (C=O) groups excluding carboxylic acids is 2. The van der Waals surface area contributed by atoms with Gasteiger partial charge in [0.15, 0.2) is 6.61 Å². The lowest BCUT2D eigenvalue weighted by molar-refractivity contribution is -0.154. The third kappa shape index (κ3) is 8.28. The van der Waals surface area contributed by atoms with Crippen LogP contribution in [0.25, 0.3) is 0 Å². The van der Waals surface area contributed by atoms with Gasteiger partial charge in [0.1, 0.15) is 0 Å². The molecule has 1 atom stereocenters. The molecular weight excluding hydrogens is 437 g/mol. The summed E-state index contributed by atoms with van der Waals surface area (Å²) in [6, 6.07) is 11.4. The molecule has 1 aliphatic heterocycles. The molecule has 0 radical (unpaired) electrons. The molecule has 1 aromatic heterocycles. The summed E-state index contributed by atoms with van der Waals surface area (Å²) in [4.78, 5) is 30.6. The van der Waals surface area contributed by atoms with Gasteiger partial charge < -0.3 is 20.3 Å². The fourth-order valence-electron chi connectivity index (χ4n) is 3.56. The number of ether oxygens (including phenoxy) is 1. The fraction of sp³-hybridized carbons (Fsp3) is 0.435. The molecule has 3 amide bonds. The molecule has 2 heterocycles. The molecule has 0 aliphatic carbocycles. The van der Waals surface area contributed by atoms with E-state index >= 15 is 0 Å². The van der Waals surface area contributed by atoms with Crippen LogP contribution in [0, 0.1) is 0 Å². The van der Waals surface area contributed by atoms with E-state index in [2.05, 4.69) is 20.4 Å². The minimum Gasteiger partial charge on any atom is -0.468 e. The van der Waals surface area contributed by atoms with Gasteiger partial charge in [-0.05, 0) is 30.0 Å². The van der Waals surface area contributed by atoms with E-state index in [0.29, 0.717) is 25.1 Å². The van der Waals surface area contributed by atoms with Gasteiger partial charge in [-0.3, -0.25) is 4.79 Å². The molecular formula is C23H27F3N4O3. The molecule has 1 saturated heterocycles. The van der Waals surface area contributed by atoms with Gasteiger partial charge >= 0.3 is 12.2 Å². The largest absolute Gasteiger partial charge is 0.468 e. The van der Waals surface area contributed by atoms with E-state index in [1.165, 1.54) is 12.3 Å². The molecule has 0 bridgehead atoms. The van der Waals surface area contributed by atoms with Gasteiger partial charge in [-0.15, -0.1) is 0 Å². The number of nitrogens with one attached hydrogen (secondary N) is 2. The van der Waals surface area contributed by atoms with Gasteiger partial charge in [-0.1, -0.05) is 36.8 Å². The predicted octanol–water partition coefficient (Wildman–Crippen LogP) is 3.97. The van der Waals surface area contributed by atoms with Crippen molar-refractivity contribution in [2.75, 3.05) is 19.7 Å². The number of hydrogen-bond acceptors (Lipinski definition) is 4. The van der Waals surface area contributed by atoms with E-state index in [4.69, 9.17) is 0 Å². The summed E-state index contributed by atoms with van der Waals surface area (Å²) in [7, 11) is 0. The van der Waals surface area contributed by atoms with E-state index in [9.17, 15) is 22.8 Å². The number of pyridine rings is 1. The molecule has 7 nitrogen and oxygen atoms in total. The zero-order valence-electron chi connectivity index (χ0n) is 18.1. The second-order valence-corrected chi connectivity index (χ2v) is 7.85. The summed E-state index contributed by atoms with van der Waals surface area (Å²) in [5, 5.41) is 5.61. The summed E-state index contributed by atoms with van der Waals surface area (Å²) in [5.74, 6) is -0.0901. The predicted molar refractivity (Wildman–Crippen MR) is 115 cm³/mol. The standard InChI is InChI=1S/C23H27F3N4O3/c24-23(25,26)16-33-20-13-17(10-11-27-20)14-28-22(32)29-19(18-7-3-1-4-8-18)15-30-12-6-2-5-9-21(30)31/h1,3-4,7-8,10-11,13,19H,2,5-6,9,12,14-16H2,(H2,28,29,32). The zero-order chi connectivity index (χ0) is 23.7. The highest BCUT2D eigenvalue weighted by atomic mass is 19.4. The lowest BCUT2D eigenvalue weighted by atomic mass is 10.1. The van der Waals surface area contributed by atoms with Gasteiger partial charge in [0, 0.05) is 38.3 Å². The first-order valence-electron chi connectivity index (χ1n) is 10.8. The number of alkyl halides is 3. The van der Waals surface area contributed by atoms with Crippen LogP contribution in [-0.4, -0.2) is 47.7 Å². The molecule has 178 valence electrons. The van der Waals surface area contributed by atoms with Crippen LogP contribution in [0.1, 0.15) is 42.9 Å². The van der Waals surface area contributed by atoms with Crippen LogP contribution in [0.15, 0.2) is 48.7 Å². The number of nitrogens with zero attached hydrogens (tertiary/aromatic N) is 2. The van der Waals surface area contributed by atoms with Gasteiger partial charge in [-0.25, -0.2) is 9.78 Å². The Morgan fingerprint density at radius 2 is 1.94 bits per heavy atom. The second kappa shape index (κ2) is 11.5. The maximum Gasteiger partial charge on any atom is 0.422 e. The summed E-state index contributed by atoms with van der Waals surface area (Å²) in [6.45, 7) is -0.351. The van der Waals surface area contributed by atoms with Crippen LogP contribution in [0.4, 0.5) is 18.0 Å². The van der Waals surface area contributed by atoms with E-state index in [-0.39, 0.29) is 18.3 Å². The van der Waals surface area contributed by atoms with Crippen molar-refractivity contribution in [3.05, 3.63) is 59.8 Å². The lowest BCUT2D eigenvalue weighted by Crippen LogP contribution is -2.44. The highest BCUT2D eigenvalue weighted by Gasteiger charge is 2.28. The third-order valence-corrected chi connectivity index (χ3v) is 5.22. The average Bonchev–Trinajstić information content (AvgIpc) is 3.00. The molecule has 0 spiro atoms. The quantitative estimate of drug-likeness (QED) is 0.620. The number of benzene rings is 1. The molecule has 1 aromatic carbocycles. The van der Waals surface area contributed by atoms with Crippen molar-refractivity contribution in [1.82, 2.24) is 20.5 Å². The molecule has 33 heavy (non-hydrogen) atoms.